The van der Waals surface area contributed by atoms with E-state index < -0.39 is 11.8 Å². The Morgan fingerprint density at radius 1 is 0.933 bits per heavy atom. The second kappa shape index (κ2) is 10.2. The van der Waals surface area contributed by atoms with Crippen LogP contribution in [0.25, 0.3) is 0 Å². The Bertz CT molecular complexity index is 909. The van der Waals surface area contributed by atoms with Gasteiger partial charge in [-0.15, -0.1) is 0 Å². The van der Waals surface area contributed by atoms with Crippen LogP contribution in [0.1, 0.15) is 15.9 Å². The molecule has 30 heavy (non-hydrogen) atoms. The summed E-state index contributed by atoms with van der Waals surface area (Å²) in [5, 5.41) is 5.71. The third-order valence-corrected chi connectivity index (χ3v) is 5.31. The molecule has 3 amide bonds. The minimum atomic E-state index is -0.717. The molecule has 158 valence electrons. The maximum absolute atomic E-state index is 12.7. The Labute approximate surface area is 181 Å². The number of aryl methyl sites for hydroxylation is 1. The van der Waals surface area contributed by atoms with Crippen molar-refractivity contribution < 1.29 is 14.4 Å². The van der Waals surface area contributed by atoms with E-state index in [0.29, 0.717) is 36.9 Å². The molecule has 0 bridgehead atoms. The van der Waals surface area contributed by atoms with Crippen molar-refractivity contribution >= 4 is 35.0 Å². The average Bonchev–Trinajstić information content (AvgIpc) is 2.75. The molecule has 3 rings (SSSR count). The van der Waals surface area contributed by atoms with Crippen molar-refractivity contribution in [3.05, 3.63) is 64.7 Å². The van der Waals surface area contributed by atoms with Crippen molar-refractivity contribution in [3.8, 4) is 0 Å². The maximum atomic E-state index is 12.7. The molecule has 8 heteroatoms. The number of piperazine rings is 1. The first kappa shape index (κ1) is 21.8. The fraction of sp³-hybridized carbons (Fsp3) is 0.318. The Balaban J connectivity index is 1.38. The van der Waals surface area contributed by atoms with Crippen LogP contribution >= 0.6 is 11.6 Å². The van der Waals surface area contributed by atoms with Gasteiger partial charge in [0, 0.05) is 55.5 Å². The molecule has 0 radical (unpaired) electrons. The van der Waals surface area contributed by atoms with E-state index in [0.717, 1.165) is 24.2 Å². The van der Waals surface area contributed by atoms with Crippen LogP contribution in [0, 0.1) is 6.92 Å². The predicted octanol–water partition coefficient (Wildman–Crippen LogP) is 2.16. The second-order valence-corrected chi connectivity index (χ2v) is 7.60. The van der Waals surface area contributed by atoms with E-state index in [2.05, 4.69) is 15.5 Å². The summed E-state index contributed by atoms with van der Waals surface area (Å²) in [6.45, 7) is 5.64. The summed E-state index contributed by atoms with van der Waals surface area (Å²) >= 11 is 5.80. The summed E-state index contributed by atoms with van der Waals surface area (Å²) < 4.78 is 0. The second-order valence-electron chi connectivity index (χ2n) is 7.17. The third-order valence-electron chi connectivity index (χ3n) is 5.06. The van der Waals surface area contributed by atoms with Crippen molar-refractivity contribution in [2.24, 2.45) is 0 Å². The van der Waals surface area contributed by atoms with Gasteiger partial charge in [0.1, 0.15) is 0 Å². The lowest BCUT2D eigenvalue weighted by molar-refractivity contribution is -0.136. The van der Waals surface area contributed by atoms with E-state index in [9.17, 15) is 14.4 Å². The minimum Gasteiger partial charge on any atom is -0.347 e. The number of nitrogens with zero attached hydrogens (tertiary/aromatic N) is 2. The minimum absolute atomic E-state index is 0.0555. The molecule has 2 N–H and O–H groups in total. The van der Waals surface area contributed by atoms with Crippen molar-refractivity contribution in [1.29, 1.82) is 0 Å². The van der Waals surface area contributed by atoms with Crippen molar-refractivity contribution in [2.45, 2.75) is 6.92 Å². The van der Waals surface area contributed by atoms with Crippen molar-refractivity contribution in [2.75, 3.05) is 44.6 Å². The fourth-order valence-electron chi connectivity index (χ4n) is 3.29. The van der Waals surface area contributed by atoms with Gasteiger partial charge in [0.05, 0.1) is 0 Å². The number of rotatable bonds is 5. The molecule has 2 aromatic carbocycles. The van der Waals surface area contributed by atoms with Gasteiger partial charge in [-0.1, -0.05) is 29.8 Å². The predicted molar refractivity (Wildman–Crippen MR) is 117 cm³/mol. The molecule has 0 spiro atoms. The number of hydrogen-bond acceptors (Lipinski definition) is 4. The summed E-state index contributed by atoms with van der Waals surface area (Å²) in [6.07, 6.45) is 0. The van der Waals surface area contributed by atoms with Gasteiger partial charge in [-0.25, -0.2) is 0 Å². The van der Waals surface area contributed by atoms with Crippen molar-refractivity contribution in [1.82, 2.24) is 15.1 Å². The van der Waals surface area contributed by atoms with Crippen LogP contribution in [0.3, 0.4) is 0 Å². The summed E-state index contributed by atoms with van der Waals surface area (Å²) in [4.78, 5) is 40.6. The van der Waals surface area contributed by atoms with Crippen LogP contribution in [0.4, 0.5) is 5.69 Å². The number of nitrogens with one attached hydrogen (secondary N) is 2. The molecule has 0 aromatic heterocycles. The Morgan fingerprint density at radius 2 is 1.60 bits per heavy atom. The molecule has 1 aliphatic heterocycles. The van der Waals surface area contributed by atoms with Crippen LogP contribution in [0.2, 0.25) is 5.02 Å². The molecule has 1 aliphatic rings. The van der Waals surface area contributed by atoms with Crippen molar-refractivity contribution in [3.63, 3.8) is 0 Å². The highest BCUT2D eigenvalue weighted by Gasteiger charge is 2.23. The molecule has 0 atom stereocenters. The Morgan fingerprint density at radius 3 is 2.27 bits per heavy atom. The summed E-state index contributed by atoms with van der Waals surface area (Å²) in [7, 11) is 0. The zero-order chi connectivity index (χ0) is 21.5. The molecule has 0 aliphatic carbocycles. The highest BCUT2D eigenvalue weighted by atomic mass is 35.5. The van der Waals surface area contributed by atoms with Crippen LogP contribution < -0.4 is 10.6 Å². The lowest BCUT2D eigenvalue weighted by Gasteiger charge is -2.35. The first-order valence-corrected chi connectivity index (χ1v) is 10.2. The number of anilines is 1. The van der Waals surface area contributed by atoms with E-state index in [1.807, 2.05) is 36.1 Å². The maximum Gasteiger partial charge on any atom is 0.313 e. The number of hydrogen-bond donors (Lipinski definition) is 2. The van der Waals surface area contributed by atoms with Gasteiger partial charge in [-0.3, -0.25) is 19.3 Å². The summed E-state index contributed by atoms with van der Waals surface area (Å²) in [5.74, 6) is -1.34. The molecule has 7 nitrogen and oxygen atoms in total. The number of benzene rings is 2. The van der Waals surface area contributed by atoms with E-state index >= 15 is 0 Å². The molecular weight excluding hydrogens is 404 g/mol. The standard InChI is InChI=1S/C22H25ClN4O3/c1-16-4-2-3-5-19(16)22(30)27-14-12-26(13-15-27)11-10-24-20(28)21(29)25-18-8-6-17(23)7-9-18/h2-9H,10-15H2,1H3,(H,24,28)(H,25,29). The molecule has 0 saturated carbocycles. The third kappa shape index (κ3) is 5.81. The smallest absolute Gasteiger partial charge is 0.313 e. The molecule has 1 heterocycles. The zero-order valence-electron chi connectivity index (χ0n) is 16.9. The first-order chi connectivity index (χ1) is 14.4. The fourth-order valence-corrected chi connectivity index (χ4v) is 3.41. The monoisotopic (exact) mass is 428 g/mol. The van der Waals surface area contributed by atoms with E-state index in [4.69, 9.17) is 11.6 Å². The van der Waals surface area contributed by atoms with Gasteiger partial charge >= 0.3 is 11.8 Å². The first-order valence-electron chi connectivity index (χ1n) is 9.86. The van der Waals surface area contributed by atoms with Crippen LogP contribution in [0.15, 0.2) is 48.5 Å². The normalized spacial score (nSPS) is 14.3. The lowest BCUT2D eigenvalue weighted by atomic mass is 10.1. The molecule has 1 fully saturated rings. The van der Waals surface area contributed by atoms with Gasteiger partial charge in [0.15, 0.2) is 0 Å². The van der Waals surface area contributed by atoms with Gasteiger partial charge in [-0.05, 0) is 42.8 Å². The van der Waals surface area contributed by atoms with Gasteiger partial charge in [0.25, 0.3) is 5.91 Å². The topological polar surface area (TPSA) is 81.8 Å². The summed E-state index contributed by atoms with van der Waals surface area (Å²) in [6, 6.07) is 14.1. The molecule has 0 unspecified atom stereocenters. The highest BCUT2D eigenvalue weighted by molar-refractivity contribution is 6.39. The molecule has 1 saturated heterocycles. The largest absolute Gasteiger partial charge is 0.347 e. The highest BCUT2D eigenvalue weighted by Crippen LogP contribution is 2.14. The molecular formula is C22H25ClN4O3. The lowest BCUT2D eigenvalue weighted by Crippen LogP contribution is -2.50. The summed E-state index contributed by atoms with van der Waals surface area (Å²) in [5.41, 5.74) is 2.23. The van der Waals surface area contributed by atoms with Crippen LogP contribution in [0.5, 0.6) is 0 Å². The van der Waals surface area contributed by atoms with E-state index in [-0.39, 0.29) is 5.91 Å². The van der Waals surface area contributed by atoms with E-state index in [1.54, 1.807) is 24.3 Å². The van der Waals surface area contributed by atoms with Gasteiger partial charge in [-0.2, -0.15) is 0 Å². The Kier molecular flexibility index (Phi) is 7.43. The number of carbonyl (C=O) groups excluding carboxylic acids is 3. The molecule has 2 aromatic rings. The number of amides is 3. The van der Waals surface area contributed by atoms with Gasteiger partial charge in [0.2, 0.25) is 0 Å². The average molecular weight is 429 g/mol. The number of carbonyl (C=O) groups is 3. The SMILES string of the molecule is Cc1ccccc1C(=O)N1CCN(CCNC(=O)C(=O)Nc2ccc(Cl)cc2)CC1. The van der Waals surface area contributed by atoms with E-state index in [1.165, 1.54) is 0 Å². The van der Waals surface area contributed by atoms with Gasteiger partial charge < -0.3 is 15.5 Å². The number of halogens is 1. The van der Waals surface area contributed by atoms with Crippen LogP contribution in [-0.4, -0.2) is 66.8 Å². The Hall–Kier alpha value is -2.90. The zero-order valence-corrected chi connectivity index (χ0v) is 17.6. The quantitative estimate of drug-likeness (QED) is 0.715. The van der Waals surface area contributed by atoms with Crippen LogP contribution in [-0.2, 0) is 9.59 Å².